The molecule has 1 heterocycles. The molecule has 0 unspecified atom stereocenters. The SMILES string of the molecule is CC(C)C[C@@H](NC(=O)c1cc(=O)n(C)c2ccccc12)C(=O)O. The number of hydrogen-bond acceptors (Lipinski definition) is 3. The highest BCUT2D eigenvalue weighted by Gasteiger charge is 2.23. The largest absolute Gasteiger partial charge is 0.480 e. The molecule has 6 heteroatoms. The number of amides is 1. The monoisotopic (exact) mass is 316 g/mol. The molecule has 0 saturated heterocycles. The number of carbonyl (C=O) groups is 2. The highest BCUT2D eigenvalue weighted by molar-refractivity contribution is 6.07. The minimum absolute atomic E-state index is 0.122. The van der Waals surface area contributed by atoms with Crippen molar-refractivity contribution in [3.8, 4) is 0 Å². The molecule has 122 valence electrons. The summed E-state index contributed by atoms with van der Waals surface area (Å²) in [5.74, 6) is -1.51. The molecule has 1 aromatic carbocycles. The molecule has 0 aliphatic rings. The average Bonchev–Trinajstić information content (AvgIpc) is 2.49. The lowest BCUT2D eigenvalue weighted by atomic mass is 10.0. The highest BCUT2D eigenvalue weighted by Crippen LogP contribution is 2.16. The molecule has 6 nitrogen and oxygen atoms in total. The molecule has 0 aliphatic heterocycles. The van der Waals surface area contributed by atoms with Crippen molar-refractivity contribution in [2.24, 2.45) is 13.0 Å². The molecule has 0 aliphatic carbocycles. The normalized spacial score (nSPS) is 12.3. The number of para-hydroxylation sites is 1. The maximum Gasteiger partial charge on any atom is 0.326 e. The summed E-state index contributed by atoms with van der Waals surface area (Å²) in [5.41, 5.74) is 0.504. The first-order valence-corrected chi connectivity index (χ1v) is 7.43. The van der Waals surface area contributed by atoms with Crippen molar-refractivity contribution in [2.45, 2.75) is 26.3 Å². The predicted molar refractivity (Wildman–Crippen MR) is 87.5 cm³/mol. The van der Waals surface area contributed by atoms with Gasteiger partial charge in [-0.2, -0.15) is 0 Å². The van der Waals surface area contributed by atoms with Gasteiger partial charge in [-0.05, 0) is 18.4 Å². The number of carboxylic acids is 1. The predicted octanol–water partition coefficient (Wildman–Crippen LogP) is 1.77. The molecular formula is C17H20N2O4. The van der Waals surface area contributed by atoms with E-state index in [1.54, 1.807) is 31.3 Å². The van der Waals surface area contributed by atoms with E-state index in [1.807, 2.05) is 13.8 Å². The van der Waals surface area contributed by atoms with E-state index >= 15 is 0 Å². The number of nitrogens with zero attached hydrogens (tertiary/aromatic N) is 1. The summed E-state index contributed by atoms with van der Waals surface area (Å²) < 4.78 is 1.45. The van der Waals surface area contributed by atoms with Gasteiger partial charge in [0.25, 0.3) is 11.5 Å². The van der Waals surface area contributed by atoms with Gasteiger partial charge in [-0.3, -0.25) is 9.59 Å². The van der Waals surface area contributed by atoms with Crippen LogP contribution in [-0.2, 0) is 11.8 Å². The zero-order chi connectivity index (χ0) is 17.1. The second-order valence-corrected chi connectivity index (χ2v) is 5.97. The molecule has 1 amide bonds. The molecule has 0 saturated carbocycles. The lowest BCUT2D eigenvalue weighted by Crippen LogP contribution is -2.42. The van der Waals surface area contributed by atoms with Gasteiger partial charge in [-0.25, -0.2) is 4.79 Å². The minimum Gasteiger partial charge on any atom is -0.480 e. The molecule has 0 spiro atoms. The van der Waals surface area contributed by atoms with Crippen LogP contribution >= 0.6 is 0 Å². The molecule has 2 rings (SSSR count). The lowest BCUT2D eigenvalue weighted by molar-refractivity contribution is -0.139. The van der Waals surface area contributed by atoms with Gasteiger partial charge in [0.1, 0.15) is 6.04 Å². The molecule has 0 fully saturated rings. The smallest absolute Gasteiger partial charge is 0.326 e. The summed E-state index contributed by atoms with van der Waals surface area (Å²) >= 11 is 0. The Morgan fingerprint density at radius 3 is 2.52 bits per heavy atom. The van der Waals surface area contributed by atoms with Crippen molar-refractivity contribution in [1.29, 1.82) is 0 Å². The summed E-state index contributed by atoms with van der Waals surface area (Å²) in [4.78, 5) is 35.8. The molecule has 0 bridgehead atoms. The molecular weight excluding hydrogens is 296 g/mol. The van der Waals surface area contributed by atoms with Crippen molar-refractivity contribution in [1.82, 2.24) is 9.88 Å². The van der Waals surface area contributed by atoms with E-state index in [0.29, 0.717) is 17.3 Å². The van der Waals surface area contributed by atoms with E-state index in [0.717, 1.165) is 0 Å². The quantitative estimate of drug-likeness (QED) is 0.880. The van der Waals surface area contributed by atoms with Crippen molar-refractivity contribution in [3.63, 3.8) is 0 Å². The van der Waals surface area contributed by atoms with Gasteiger partial charge in [0, 0.05) is 18.5 Å². The van der Waals surface area contributed by atoms with Crippen molar-refractivity contribution in [2.75, 3.05) is 0 Å². The van der Waals surface area contributed by atoms with Crippen LogP contribution in [0.15, 0.2) is 35.1 Å². The van der Waals surface area contributed by atoms with Gasteiger partial charge in [0.05, 0.1) is 11.1 Å². The van der Waals surface area contributed by atoms with E-state index in [2.05, 4.69) is 5.32 Å². The fourth-order valence-corrected chi connectivity index (χ4v) is 2.53. The Balaban J connectivity index is 2.43. The number of carboxylic acid groups (broad SMARTS) is 1. The number of pyridine rings is 1. The van der Waals surface area contributed by atoms with E-state index in [9.17, 15) is 19.5 Å². The van der Waals surface area contributed by atoms with Crippen molar-refractivity contribution >= 4 is 22.8 Å². The third kappa shape index (κ3) is 3.59. The molecule has 1 aromatic heterocycles. The molecule has 1 atom stereocenters. The van der Waals surface area contributed by atoms with Crippen LogP contribution < -0.4 is 10.9 Å². The van der Waals surface area contributed by atoms with Crippen LogP contribution in [-0.4, -0.2) is 27.6 Å². The van der Waals surface area contributed by atoms with Gasteiger partial charge < -0.3 is 15.0 Å². The van der Waals surface area contributed by atoms with Gasteiger partial charge in [0.2, 0.25) is 0 Å². The summed E-state index contributed by atoms with van der Waals surface area (Å²) in [7, 11) is 1.63. The summed E-state index contributed by atoms with van der Waals surface area (Å²) in [5, 5.41) is 12.4. The summed E-state index contributed by atoms with van der Waals surface area (Å²) in [6, 6.07) is 7.30. The van der Waals surface area contributed by atoms with Gasteiger partial charge in [-0.15, -0.1) is 0 Å². The second-order valence-electron chi connectivity index (χ2n) is 5.97. The van der Waals surface area contributed by atoms with E-state index in [-0.39, 0.29) is 17.0 Å². The topological polar surface area (TPSA) is 88.4 Å². The lowest BCUT2D eigenvalue weighted by Gasteiger charge is -2.17. The average molecular weight is 316 g/mol. The Hall–Kier alpha value is -2.63. The van der Waals surface area contributed by atoms with Gasteiger partial charge >= 0.3 is 5.97 Å². The Morgan fingerprint density at radius 1 is 1.26 bits per heavy atom. The second kappa shape index (κ2) is 6.64. The summed E-state index contributed by atoms with van der Waals surface area (Å²) in [6.45, 7) is 3.77. The van der Waals surface area contributed by atoms with Gasteiger partial charge in [0.15, 0.2) is 0 Å². The Morgan fingerprint density at radius 2 is 1.91 bits per heavy atom. The fourth-order valence-electron chi connectivity index (χ4n) is 2.53. The first-order valence-electron chi connectivity index (χ1n) is 7.43. The van der Waals surface area contributed by atoms with Gasteiger partial charge in [-0.1, -0.05) is 32.0 Å². The molecule has 2 N–H and O–H groups in total. The van der Waals surface area contributed by atoms with Crippen LogP contribution in [0.3, 0.4) is 0 Å². The number of nitrogens with one attached hydrogen (secondary N) is 1. The molecule has 23 heavy (non-hydrogen) atoms. The van der Waals surface area contributed by atoms with Crippen LogP contribution in [0.25, 0.3) is 10.9 Å². The maximum atomic E-state index is 12.5. The Bertz CT molecular complexity index is 808. The number of fused-ring (bicyclic) bond motifs is 1. The van der Waals surface area contributed by atoms with Crippen LogP contribution in [0.1, 0.15) is 30.6 Å². The number of carbonyl (C=O) groups excluding carboxylic acids is 1. The Kier molecular flexibility index (Phi) is 4.83. The number of rotatable bonds is 5. The van der Waals surface area contributed by atoms with Crippen LogP contribution in [0.5, 0.6) is 0 Å². The van der Waals surface area contributed by atoms with Crippen molar-refractivity contribution < 1.29 is 14.7 Å². The minimum atomic E-state index is -1.08. The number of aromatic nitrogens is 1. The number of aliphatic carboxylic acids is 1. The standard InChI is InChI=1S/C17H20N2O4/c1-10(2)8-13(17(22)23)18-16(21)12-9-15(20)19(3)14-7-5-4-6-11(12)14/h4-7,9-10,13H,8H2,1-3H3,(H,18,21)(H,22,23)/t13-/m1/s1. The number of hydrogen-bond donors (Lipinski definition) is 2. The molecule has 0 radical (unpaired) electrons. The third-order valence-electron chi connectivity index (χ3n) is 3.71. The zero-order valence-electron chi connectivity index (χ0n) is 13.4. The van der Waals surface area contributed by atoms with Crippen LogP contribution in [0, 0.1) is 5.92 Å². The number of aryl methyl sites for hydroxylation is 1. The maximum absolute atomic E-state index is 12.5. The van der Waals surface area contributed by atoms with Crippen molar-refractivity contribution in [3.05, 3.63) is 46.2 Å². The van der Waals surface area contributed by atoms with Crippen LogP contribution in [0.4, 0.5) is 0 Å². The molecule has 2 aromatic rings. The van der Waals surface area contributed by atoms with E-state index < -0.39 is 17.9 Å². The number of benzene rings is 1. The Labute approximate surface area is 133 Å². The highest BCUT2D eigenvalue weighted by atomic mass is 16.4. The summed E-state index contributed by atoms with van der Waals surface area (Å²) in [6.07, 6.45) is 0.323. The van der Waals surface area contributed by atoms with E-state index in [1.165, 1.54) is 10.6 Å². The first-order chi connectivity index (χ1) is 10.8. The fraction of sp³-hybridized carbons (Fsp3) is 0.353. The van der Waals surface area contributed by atoms with E-state index in [4.69, 9.17) is 0 Å². The zero-order valence-corrected chi connectivity index (χ0v) is 13.4. The third-order valence-corrected chi connectivity index (χ3v) is 3.71. The first kappa shape index (κ1) is 16.7. The van der Waals surface area contributed by atoms with Crippen LogP contribution in [0.2, 0.25) is 0 Å².